The highest BCUT2D eigenvalue weighted by molar-refractivity contribution is 6.06. The van der Waals surface area contributed by atoms with E-state index in [0.717, 1.165) is 55.3 Å². The van der Waals surface area contributed by atoms with E-state index in [1.807, 2.05) is 36.4 Å². The van der Waals surface area contributed by atoms with Gasteiger partial charge in [-0.2, -0.15) is 0 Å². The zero-order chi connectivity index (χ0) is 40.8. The first-order valence-corrected chi connectivity index (χ1v) is 21.1. The molecule has 1 spiro atoms. The standard InChI is InChI=1S/C58H35N3O/c1-2-14-37(15-3-1)55-59-56(38-30-28-36(29-31-38)39-32-33-46-45-20-7-11-27-52(45)62-53(46)35-39)61-57(60-55)41-17-12-16-40(34-41)42-22-13-26-51-54(42)47-21-6-10-25-50(47)58(51)48-23-8-4-18-43(48)44-19-5-9-24-49(44)58/h1-35H. The van der Waals surface area contributed by atoms with Crippen molar-refractivity contribution in [2.45, 2.75) is 5.41 Å². The number of furan rings is 1. The van der Waals surface area contributed by atoms with Crippen LogP contribution >= 0.6 is 0 Å². The maximum absolute atomic E-state index is 6.21. The van der Waals surface area contributed by atoms with E-state index in [9.17, 15) is 0 Å². The van der Waals surface area contributed by atoms with Crippen molar-refractivity contribution in [1.82, 2.24) is 15.0 Å². The lowest BCUT2D eigenvalue weighted by molar-refractivity contribution is 0.669. The molecule has 4 nitrogen and oxygen atoms in total. The van der Waals surface area contributed by atoms with Crippen LogP contribution in [-0.4, -0.2) is 15.0 Å². The Bertz CT molecular complexity index is 3540. The second-order valence-electron chi connectivity index (χ2n) is 16.3. The van der Waals surface area contributed by atoms with Gasteiger partial charge in [0.05, 0.1) is 5.41 Å². The third-order valence-corrected chi connectivity index (χ3v) is 13.0. The van der Waals surface area contributed by atoms with Crippen molar-refractivity contribution in [3.63, 3.8) is 0 Å². The highest BCUT2D eigenvalue weighted by Gasteiger charge is 2.51. The molecule has 62 heavy (non-hydrogen) atoms. The normalized spacial score (nSPS) is 13.0. The molecule has 0 aliphatic heterocycles. The zero-order valence-corrected chi connectivity index (χ0v) is 33.5. The SMILES string of the molecule is c1ccc(-c2nc(-c3ccc(-c4ccc5c(c4)oc4ccccc45)cc3)nc(-c3cccc(-c4cccc5c4-c4ccccc4C54c5ccccc5-c5ccccc54)c3)n2)cc1. The fourth-order valence-corrected chi connectivity index (χ4v) is 10.3. The van der Waals surface area contributed by atoms with Crippen molar-refractivity contribution in [1.29, 1.82) is 0 Å². The van der Waals surface area contributed by atoms with Crippen molar-refractivity contribution in [3.05, 3.63) is 235 Å². The maximum Gasteiger partial charge on any atom is 0.164 e. The van der Waals surface area contributed by atoms with Gasteiger partial charge < -0.3 is 4.42 Å². The van der Waals surface area contributed by atoms with Crippen LogP contribution in [0.25, 0.3) is 101 Å². The van der Waals surface area contributed by atoms with Gasteiger partial charge in [-0.05, 0) is 91.0 Å². The van der Waals surface area contributed by atoms with Gasteiger partial charge in [-0.3, -0.25) is 0 Å². The number of nitrogens with zero attached hydrogens (tertiary/aromatic N) is 3. The van der Waals surface area contributed by atoms with Crippen molar-refractivity contribution < 1.29 is 4.42 Å². The summed E-state index contributed by atoms with van der Waals surface area (Å²) < 4.78 is 6.21. The molecule has 0 saturated heterocycles. The van der Waals surface area contributed by atoms with Crippen molar-refractivity contribution in [3.8, 4) is 78.7 Å². The largest absolute Gasteiger partial charge is 0.456 e. The molecule has 0 N–H and O–H groups in total. The molecular weight excluding hydrogens is 755 g/mol. The van der Waals surface area contributed by atoms with Gasteiger partial charge in [0.15, 0.2) is 17.5 Å². The summed E-state index contributed by atoms with van der Waals surface area (Å²) in [7, 11) is 0. The molecule has 0 saturated carbocycles. The molecule has 0 bridgehead atoms. The first-order chi connectivity index (χ1) is 30.7. The number of aromatic nitrogens is 3. The number of para-hydroxylation sites is 1. The lowest BCUT2D eigenvalue weighted by Gasteiger charge is -2.30. The summed E-state index contributed by atoms with van der Waals surface area (Å²) >= 11 is 0. The molecule has 0 radical (unpaired) electrons. The second kappa shape index (κ2) is 13.4. The summed E-state index contributed by atoms with van der Waals surface area (Å²) in [5, 5.41) is 2.24. The fourth-order valence-electron chi connectivity index (χ4n) is 10.3. The molecule has 0 unspecified atom stereocenters. The van der Waals surface area contributed by atoms with Gasteiger partial charge in [-0.1, -0.05) is 188 Å². The first kappa shape index (κ1) is 34.6. The smallest absolute Gasteiger partial charge is 0.164 e. The van der Waals surface area contributed by atoms with E-state index in [-0.39, 0.29) is 0 Å². The van der Waals surface area contributed by atoms with Crippen LogP contribution in [0.3, 0.4) is 0 Å². The van der Waals surface area contributed by atoms with Gasteiger partial charge in [0.25, 0.3) is 0 Å². The Morgan fingerprint density at radius 1 is 0.290 bits per heavy atom. The molecule has 0 amide bonds. The van der Waals surface area contributed by atoms with Gasteiger partial charge in [0.1, 0.15) is 11.2 Å². The maximum atomic E-state index is 6.21. The van der Waals surface area contributed by atoms with E-state index in [2.05, 4.69) is 176 Å². The van der Waals surface area contributed by atoms with Crippen LogP contribution in [0.15, 0.2) is 217 Å². The zero-order valence-electron chi connectivity index (χ0n) is 33.5. The minimum absolute atomic E-state index is 0.407. The summed E-state index contributed by atoms with van der Waals surface area (Å²) in [4.78, 5) is 15.4. The molecule has 2 heterocycles. The highest BCUT2D eigenvalue weighted by Crippen LogP contribution is 2.64. The molecule has 2 aliphatic carbocycles. The van der Waals surface area contributed by atoms with E-state index in [1.54, 1.807) is 0 Å². The van der Waals surface area contributed by atoms with E-state index in [0.29, 0.717) is 17.5 Å². The Balaban J connectivity index is 0.929. The van der Waals surface area contributed by atoms with Gasteiger partial charge >= 0.3 is 0 Å². The lowest BCUT2D eigenvalue weighted by Crippen LogP contribution is -2.25. The van der Waals surface area contributed by atoms with E-state index in [1.165, 1.54) is 50.1 Å². The Labute approximate surface area is 358 Å². The molecule has 9 aromatic carbocycles. The van der Waals surface area contributed by atoms with Crippen molar-refractivity contribution in [2.75, 3.05) is 0 Å². The molecule has 2 aromatic heterocycles. The third-order valence-electron chi connectivity index (χ3n) is 13.0. The minimum atomic E-state index is -0.407. The summed E-state index contributed by atoms with van der Waals surface area (Å²) in [6, 6.07) is 75.6. The molecule has 288 valence electrons. The second-order valence-corrected chi connectivity index (χ2v) is 16.3. The average Bonchev–Trinajstić information content (AvgIpc) is 3.98. The van der Waals surface area contributed by atoms with Crippen molar-refractivity contribution >= 4 is 21.9 Å². The Hall–Kier alpha value is -8.21. The molecule has 11 aromatic rings. The van der Waals surface area contributed by atoms with Gasteiger partial charge in [-0.15, -0.1) is 0 Å². The third kappa shape index (κ3) is 5.04. The number of hydrogen-bond acceptors (Lipinski definition) is 4. The Morgan fingerprint density at radius 2 is 0.774 bits per heavy atom. The van der Waals surface area contributed by atoms with Crippen LogP contribution in [0.4, 0.5) is 0 Å². The van der Waals surface area contributed by atoms with Crippen LogP contribution in [0, 0.1) is 0 Å². The van der Waals surface area contributed by atoms with Crippen LogP contribution < -0.4 is 0 Å². The first-order valence-electron chi connectivity index (χ1n) is 21.1. The summed E-state index contributed by atoms with van der Waals surface area (Å²) in [6.45, 7) is 0. The van der Waals surface area contributed by atoms with Gasteiger partial charge in [-0.25, -0.2) is 15.0 Å². The summed E-state index contributed by atoms with van der Waals surface area (Å²) in [6.07, 6.45) is 0. The average molecular weight is 790 g/mol. The number of hydrogen-bond donors (Lipinski definition) is 0. The molecule has 13 rings (SSSR count). The van der Waals surface area contributed by atoms with E-state index >= 15 is 0 Å². The van der Waals surface area contributed by atoms with Crippen LogP contribution in [-0.2, 0) is 5.41 Å². The van der Waals surface area contributed by atoms with Crippen LogP contribution in [0.5, 0.6) is 0 Å². The van der Waals surface area contributed by atoms with Crippen LogP contribution in [0.2, 0.25) is 0 Å². The molecular formula is C58H35N3O. The predicted octanol–water partition coefficient (Wildman–Crippen LogP) is 14.4. The fraction of sp³-hybridized carbons (Fsp3) is 0.0172. The minimum Gasteiger partial charge on any atom is -0.456 e. The molecule has 2 aliphatic rings. The van der Waals surface area contributed by atoms with Crippen LogP contribution in [0.1, 0.15) is 22.3 Å². The topological polar surface area (TPSA) is 51.8 Å². The Kier molecular flexibility index (Phi) is 7.49. The Morgan fingerprint density at radius 3 is 1.52 bits per heavy atom. The van der Waals surface area contributed by atoms with Crippen molar-refractivity contribution in [2.24, 2.45) is 0 Å². The molecule has 0 fully saturated rings. The van der Waals surface area contributed by atoms with E-state index < -0.39 is 5.41 Å². The van der Waals surface area contributed by atoms with Gasteiger partial charge in [0, 0.05) is 27.5 Å². The molecule has 0 atom stereocenters. The van der Waals surface area contributed by atoms with Gasteiger partial charge in [0.2, 0.25) is 0 Å². The van der Waals surface area contributed by atoms with E-state index in [4.69, 9.17) is 19.4 Å². The number of rotatable bonds is 5. The highest BCUT2D eigenvalue weighted by atomic mass is 16.3. The quantitative estimate of drug-likeness (QED) is 0.174. The number of fused-ring (bicyclic) bond motifs is 13. The molecule has 4 heteroatoms. The monoisotopic (exact) mass is 789 g/mol. The lowest BCUT2D eigenvalue weighted by atomic mass is 9.70. The summed E-state index contributed by atoms with van der Waals surface area (Å²) in [5.41, 5.74) is 19.1. The summed E-state index contributed by atoms with van der Waals surface area (Å²) in [5.74, 6) is 1.87. The number of benzene rings is 9. The predicted molar refractivity (Wildman–Crippen MR) is 251 cm³/mol.